The average Bonchev–Trinajstić information content (AvgIpc) is 3.16. The monoisotopic (exact) mass is 491 g/mol. The van der Waals surface area contributed by atoms with E-state index < -0.39 is 0 Å². The van der Waals surface area contributed by atoms with Gasteiger partial charge in [0.15, 0.2) is 0 Å². The van der Waals surface area contributed by atoms with E-state index in [1.165, 1.54) is 42.7 Å². The number of nitrogens with zero attached hydrogens (tertiary/aromatic N) is 2. The molecule has 2 N–H and O–H groups in total. The molecule has 6 heteroatoms. The van der Waals surface area contributed by atoms with Gasteiger partial charge in [-0.1, -0.05) is 31.5 Å². The van der Waals surface area contributed by atoms with Gasteiger partial charge in [0.2, 0.25) is 0 Å². The molecule has 0 spiro atoms. The Bertz CT molecular complexity index is 1140. The largest absolute Gasteiger partial charge is 0.374 e. The second kappa shape index (κ2) is 10.7. The van der Waals surface area contributed by atoms with Crippen molar-refractivity contribution in [2.45, 2.75) is 64.1 Å². The molecule has 2 atom stereocenters. The molecule has 0 saturated heterocycles. The molecule has 1 saturated carbocycles. The first kappa shape index (κ1) is 25.0. The standard InChI is InChI=1S/C30H38FN3O2/c1-3-20-12-24(19-36-27-8-5-9-27)29(33(2)17-20)22-10-11-28-23(15-22)18-34(30(28)35)26(16-32)14-21-6-4-7-25(31)13-21/h4,6-7,10-11,13,15,20,26-27H,3,5,8-9,12,14,16-19,32H2,1-2H3. The van der Waals surface area contributed by atoms with E-state index in [1.54, 1.807) is 6.07 Å². The van der Waals surface area contributed by atoms with Gasteiger partial charge in [-0.2, -0.15) is 0 Å². The molecule has 192 valence electrons. The Morgan fingerprint density at radius 3 is 2.72 bits per heavy atom. The summed E-state index contributed by atoms with van der Waals surface area (Å²) >= 11 is 0. The molecule has 36 heavy (non-hydrogen) atoms. The number of benzene rings is 2. The number of fused-ring (bicyclic) bond motifs is 1. The minimum absolute atomic E-state index is 0.00830. The van der Waals surface area contributed by atoms with Gasteiger partial charge in [0.25, 0.3) is 5.91 Å². The predicted molar refractivity (Wildman–Crippen MR) is 141 cm³/mol. The maximum absolute atomic E-state index is 13.7. The van der Waals surface area contributed by atoms with Crippen molar-refractivity contribution in [1.82, 2.24) is 9.80 Å². The van der Waals surface area contributed by atoms with Gasteiger partial charge < -0.3 is 20.3 Å². The zero-order valence-corrected chi connectivity index (χ0v) is 21.5. The first-order chi connectivity index (χ1) is 17.5. The van der Waals surface area contributed by atoms with Crippen molar-refractivity contribution in [3.63, 3.8) is 0 Å². The zero-order valence-electron chi connectivity index (χ0n) is 21.5. The van der Waals surface area contributed by atoms with E-state index in [4.69, 9.17) is 10.5 Å². The topological polar surface area (TPSA) is 58.8 Å². The van der Waals surface area contributed by atoms with Crippen LogP contribution in [0.3, 0.4) is 0 Å². The zero-order chi connectivity index (χ0) is 25.2. The molecule has 2 heterocycles. The van der Waals surface area contributed by atoms with Crippen LogP contribution < -0.4 is 5.73 Å². The summed E-state index contributed by atoms with van der Waals surface area (Å²) in [4.78, 5) is 17.6. The molecule has 1 amide bonds. The number of hydrogen-bond donors (Lipinski definition) is 1. The highest BCUT2D eigenvalue weighted by Crippen LogP contribution is 2.37. The molecular formula is C30H38FN3O2. The molecule has 2 aromatic rings. The van der Waals surface area contributed by atoms with Gasteiger partial charge >= 0.3 is 0 Å². The molecule has 2 aliphatic heterocycles. The summed E-state index contributed by atoms with van der Waals surface area (Å²) in [6.45, 7) is 4.84. The summed E-state index contributed by atoms with van der Waals surface area (Å²) < 4.78 is 20.0. The van der Waals surface area contributed by atoms with Gasteiger partial charge in [-0.3, -0.25) is 4.79 Å². The summed E-state index contributed by atoms with van der Waals surface area (Å²) in [6, 6.07) is 12.6. The second-order valence-electron chi connectivity index (χ2n) is 10.7. The van der Waals surface area contributed by atoms with Gasteiger partial charge in [0.1, 0.15) is 5.82 Å². The van der Waals surface area contributed by atoms with Gasteiger partial charge in [-0.25, -0.2) is 4.39 Å². The van der Waals surface area contributed by atoms with Crippen LogP contribution in [0.5, 0.6) is 0 Å². The third kappa shape index (κ3) is 5.07. The van der Waals surface area contributed by atoms with Crippen molar-refractivity contribution in [2.24, 2.45) is 11.7 Å². The SMILES string of the molecule is CCC1CC(COC2CCC2)=C(c2ccc3c(c2)CN(C(CN)Cc2cccc(F)c2)C3=O)N(C)C1. The van der Waals surface area contributed by atoms with Crippen LogP contribution in [-0.4, -0.2) is 54.6 Å². The van der Waals surface area contributed by atoms with Gasteiger partial charge in [0.05, 0.1) is 12.7 Å². The lowest BCUT2D eigenvalue weighted by molar-refractivity contribution is 0.0128. The van der Waals surface area contributed by atoms with Crippen LogP contribution in [0, 0.1) is 11.7 Å². The smallest absolute Gasteiger partial charge is 0.254 e. The number of amides is 1. The Balaban J connectivity index is 1.39. The highest BCUT2D eigenvalue weighted by Gasteiger charge is 2.34. The van der Waals surface area contributed by atoms with Crippen molar-refractivity contribution in [1.29, 1.82) is 0 Å². The van der Waals surface area contributed by atoms with E-state index in [1.807, 2.05) is 17.0 Å². The first-order valence-corrected chi connectivity index (χ1v) is 13.4. The molecular weight excluding hydrogens is 453 g/mol. The summed E-state index contributed by atoms with van der Waals surface area (Å²) in [5.41, 5.74) is 12.5. The first-order valence-electron chi connectivity index (χ1n) is 13.4. The molecule has 5 nitrogen and oxygen atoms in total. The van der Waals surface area contributed by atoms with Crippen molar-refractivity contribution in [3.05, 3.63) is 76.1 Å². The number of carbonyl (C=O) groups excluding carboxylic acids is 1. The highest BCUT2D eigenvalue weighted by molar-refractivity contribution is 5.99. The number of hydrogen-bond acceptors (Lipinski definition) is 4. The minimum atomic E-state index is -0.267. The van der Waals surface area contributed by atoms with Gasteiger partial charge in [0, 0.05) is 44.0 Å². The number of nitrogens with two attached hydrogens (primary N) is 1. The maximum Gasteiger partial charge on any atom is 0.254 e. The van der Waals surface area contributed by atoms with Crippen LogP contribution in [0.1, 0.15) is 66.1 Å². The Morgan fingerprint density at radius 1 is 1.19 bits per heavy atom. The van der Waals surface area contributed by atoms with Gasteiger partial charge in [-0.05, 0) is 84.6 Å². The van der Waals surface area contributed by atoms with Crippen LogP contribution in [0.25, 0.3) is 5.70 Å². The minimum Gasteiger partial charge on any atom is -0.374 e. The Hall–Kier alpha value is -2.70. The van der Waals surface area contributed by atoms with Crippen molar-refractivity contribution < 1.29 is 13.9 Å². The lowest BCUT2D eigenvalue weighted by Crippen LogP contribution is -2.42. The fourth-order valence-corrected chi connectivity index (χ4v) is 5.88. The number of carbonyl (C=O) groups is 1. The molecule has 0 radical (unpaired) electrons. The van der Waals surface area contributed by atoms with E-state index in [0.717, 1.165) is 41.6 Å². The van der Waals surface area contributed by atoms with Crippen molar-refractivity contribution in [2.75, 3.05) is 26.7 Å². The predicted octanol–water partition coefficient (Wildman–Crippen LogP) is 4.99. The Kier molecular flexibility index (Phi) is 7.44. The lowest BCUT2D eigenvalue weighted by atomic mass is 9.88. The summed E-state index contributed by atoms with van der Waals surface area (Å²) in [5, 5.41) is 0. The summed E-state index contributed by atoms with van der Waals surface area (Å²) in [5.74, 6) is 0.378. The highest BCUT2D eigenvalue weighted by atomic mass is 19.1. The number of ether oxygens (including phenoxy) is 1. The van der Waals surface area contributed by atoms with Crippen LogP contribution in [0.2, 0.25) is 0 Å². The van der Waals surface area contributed by atoms with Crippen LogP contribution in [0.15, 0.2) is 48.0 Å². The van der Waals surface area contributed by atoms with Crippen LogP contribution in [0.4, 0.5) is 4.39 Å². The van der Waals surface area contributed by atoms with E-state index in [-0.39, 0.29) is 17.8 Å². The molecule has 2 aromatic carbocycles. The van der Waals surface area contributed by atoms with Crippen LogP contribution >= 0.6 is 0 Å². The normalized spacial score (nSPS) is 21.1. The average molecular weight is 492 g/mol. The molecule has 3 aliphatic rings. The molecule has 5 rings (SSSR count). The fourth-order valence-electron chi connectivity index (χ4n) is 5.88. The van der Waals surface area contributed by atoms with E-state index in [9.17, 15) is 9.18 Å². The Morgan fingerprint density at radius 2 is 2.03 bits per heavy atom. The van der Waals surface area contributed by atoms with E-state index in [0.29, 0.717) is 38.1 Å². The third-order valence-electron chi connectivity index (χ3n) is 8.19. The molecule has 1 aliphatic carbocycles. The Labute approximate surface area is 214 Å². The van der Waals surface area contributed by atoms with Crippen molar-refractivity contribution >= 4 is 11.6 Å². The van der Waals surface area contributed by atoms with E-state index in [2.05, 4.69) is 31.0 Å². The van der Waals surface area contributed by atoms with Crippen LogP contribution in [-0.2, 0) is 17.7 Å². The van der Waals surface area contributed by atoms with Crippen molar-refractivity contribution in [3.8, 4) is 0 Å². The van der Waals surface area contributed by atoms with Gasteiger partial charge in [-0.15, -0.1) is 0 Å². The quantitative estimate of drug-likeness (QED) is 0.537. The molecule has 0 bridgehead atoms. The number of rotatable bonds is 9. The molecule has 1 fully saturated rings. The summed E-state index contributed by atoms with van der Waals surface area (Å²) in [7, 11) is 2.18. The maximum atomic E-state index is 13.7. The third-order valence-corrected chi connectivity index (χ3v) is 8.19. The van der Waals surface area contributed by atoms with E-state index >= 15 is 0 Å². The summed E-state index contributed by atoms with van der Waals surface area (Å²) in [6.07, 6.45) is 6.78. The fraction of sp³-hybridized carbons (Fsp3) is 0.500. The molecule has 0 aromatic heterocycles. The second-order valence-corrected chi connectivity index (χ2v) is 10.7. The molecule has 2 unspecified atom stereocenters. The lowest BCUT2D eigenvalue weighted by Gasteiger charge is -2.37. The number of halogens is 1.